The molecule has 0 bridgehead atoms. The third-order valence-electron chi connectivity index (χ3n) is 2.93. The van der Waals surface area contributed by atoms with Crippen LogP contribution in [0.5, 0.6) is 0 Å². The number of nitrogens with one attached hydrogen (secondary N) is 2. The second-order valence-corrected chi connectivity index (χ2v) is 4.52. The number of rotatable bonds is 8. The van der Waals surface area contributed by atoms with Gasteiger partial charge < -0.3 is 10.6 Å². The highest BCUT2D eigenvalue weighted by Crippen LogP contribution is 2.33. The second-order valence-electron chi connectivity index (χ2n) is 4.52. The zero-order valence-corrected chi connectivity index (χ0v) is 10.0. The van der Waals surface area contributed by atoms with Crippen LogP contribution in [0.1, 0.15) is 46.0 Å². The van der Waals surface area contributed by atoms with E-state index in [9.17, 15) is 4.79 Å². The van der Waals surface area contributed by atoms with Gasteiger partial charge in [-0.1, -0.05) is 26.7 Å². The molecule has 0 aromatic rings. The fourth-order valence-corrected chi connectivity index (χ4v) is 1.71. The lowest BCUT2D eigenvalue weighted by Crippen LogP contribution is -2.39. The molecule has 0 spiro atoms. The molecule has 1 unspecified atom stereocenters. The van der Waals surface area contributed by atoms with E-state index in [1.807, 2.05) is 0 Å². The summed E-state index contributed by atoms with van der Waals surface area (Å²) >= 11 is 0. The highest BCUT2D eigenvalue weighted by atomic mass is 16.1. The fraction of sp³-hybridized carbons (Fsp3) is 0.917. The van der Waals surface area contributed by atoms with Crippen molar-refractivity contribution < 1.29 is 4.79 Å². The average molecular weight is 212 g/mol. The molecule has 0 heterocycles. The van der Waals surface area contributed by atoms with Crippen LogP contribution < -0.4 is 10.6 Å². The summed E-state index contributed by atoms with van der Waals surface area (Å²) in [4.78, 5) is 11.4. The van der Waals surface area contributed by atoms with E-state index in [4.69, 9.17) is 0 Å². The molecule has 3 heteroatoms. The second kappa shape index (κ2) is 6.83. The maximum Gasteiger partial charge on any atom is 0.233 e. The van der Waals surface area contributed by atoms with Gasteiger partial charge in [-0.2, -0.15) is 0 Å². The van der Waals surface area contributed by atoms with Crippen molar-refractivity contribution >= 4 is 5.91 Å². The first-order chi connectivity index (χ1) is 7.26. The van der Waals surface area contributed by atoms with Crippen LogP contribution in [0, 0.1) is 5.92 Å². The van der Waals surface area contributed by atoms with Gasteiger partial charge in [-0.25, -0.2) is 0 Å². The zero-order chi connectivity index (χ0) is 11.1. The molecule has 3 nitrogen and oxygen atoms in total. The van der Waals surface area contributed by atoms with Gasteiger partial charge in [0.15, 0.2) is 0 Å². The maximum atomic E-state index is 11.4. The van der Waals surface area contributed by atoms with Crippen molar-refractivity contribution in [3.05, 3.63) is 0 Å². The van der Waals surface area contributed by atoms with Crippen molar-refractivity contribution in [1.82, 2.24) is 10.6 Å². The predicted molar refractivity (Wildman–Crippen MR) is 62.7 cm³/mol. The van der Waals surface area contributed by atoms with Gasteiger partial charge in [0.25, 0.3) is 0 Å². The van der Waals surface area contributed by atoms with E-state index in [1.54, 1.807) is 0 Å². The standard InChI is InChI=1S/C12H24N2O/c1-3-7-13-12(15)9-14-11(4-2)8-10-5-6-10/h10-11,14H,3-9H2,1-2H3,(H,13,15). The Balaban J connectivity index is 2.06. The molecule has 1 aliphatic rings. The van der Waals surface area contributed by atoms with Crippen molar-refractivity contribution in [3.8, 4) is 0 Å². The van der Waals surface area contributed by atoms with Crippen molar-refractivity contribution in [2.24, 2.45) is 5.92 Å². The van der Waals surface area contributed by atoms with Gasteiger partial charge in [0.05, 0.1) is 6.54 Å². The Morgan fingerprint density at radius 2 is 2.13 bits per heavy atom. The van der Waals surface area contributed by atoms with Crippen LogP contribution in [0.4, 0.5) is 0 Å². The monoisotopic (exact) mass is 212 g/mol. The smallest absolute Gasteiger partial charge is 0.233 e. The minimum atomic E-state index is 0.131. The van der Waals surface area contributed by atoms with Crippen LogP contribution in [0.25, 0.3) is 0 Å². The van der Waals surface area contributed by atoms with Crippen LogP contribution in [0.15, 0.2) is 0 Å². The number of carbonyl (C=O) groups excluding carboxylic acids is 1. The van der Waals surface area contributed by atoms with E-state index in [0.717, 1.165) is 25.3 Å². The lowest BCUT2D eigenvalue weighted by Gasteiger charge is -2.16. The summed E-state index contributed by atoms with van der Waals surface area (Å²) in [6, 6.07) is 0.532. The Labute approximate surface area is 93.0 Å². The van der Waals surface area contributed by atoms with Gasteiger partial charge in [-0.15, -0.1) is 0 Å². The minimum absolute atomic E-state index is 0.131. The van der Waals surface area contributed by atoms with E-state index in [-0.39, 0.29) is 5.91 Å². The first-order valence-corrected chi connectivity index (χ1v) is 6.26. The van der Waals surface area contributed by atoms with Crippen LogP contribution in [-0.4, -0.2) is 25.0 Å². The molecule has 1 aliphatic carbocycles. The summed E-state index contributed by atoms with van der Waals surface area (Å²) in [7, 11) is 0. The number of carbonyl (C=O) groups is 1. The topological polar surface area (TPSA) is 41.1 Å². The minimum Gasteiger partial charge on any atom is -0.355 e. The number of hydrogen-bond donors (Lipinski definition) is 2. The molecule has 1 amide bonds. The molecule has 1 atom stereocenters. The summed E-state index contributed by atoms with van der Waals surface area (Å²) in [5, 5.41) is 6.22. The molecular formula is C12H24N2O. The van der Waals surface area contributed by atoms with Gasteiger partial charge in [-0.3, -0.25) is 4.79 Å². The summed E-state index contributed by atoms with van der Waals surface area (Å²) in [6.45, 7) is 5.52. The third kappa shape index (κ3) is 5.78. The summed E-state index contributed by atoms with van der Waals surface area (Å²) < 4.78 is 0. The average Bonchev–Trinajstić information content (AvgIpc) is 3.04. The molecule has 0 radical (unpaired) electrons. The first kappa shape index (κ1) is 12.5. The van der Waals surface area contributed by atoms with Crippen molar-refractivity contribution in [2.45, 2.75) is 52.0 Å². The lowest BCUT2D eigenvalue weighted by molar-refractivity contribution is -0.120. The van der Waals surface area contributed by atoms with Gasteiger partial charge in [0.2, 0.25) is 5.91 Å². The Morgan fingerprint density at radius 1 is 1.40 bits per heavy atom. The largest absolute Gasteiger partial charge is 0.355 e. The normalized spacial score (nSPS) is 17.5. The highest BCUT2D eigenvalue weighted by molar-refractivity contribution is 5.77. The van der Waals surface area contributed by atoms with Crippen LogP contribution >= 0.6 is 0 Å². The predicted octanol–water partition coefficient (Wildman–Crippen LogP) is 1.68. The first-order valence-electron chi connectivity index (χ1n) is 6.26. The van der Waals surface area contributed by atoms with E-state index >= 15 is 0 Å². The summed E-state index contributed by atoms with van der Waals surface area (Å²) in [5.41, 5.74) is 0. The molecule has 2 N–H and O–H groups in total. The molecule has 1 rings (SSSR count). The summed E-state index contributed by atoms with van der Waals surface area (Å²) in [5.74, 6) is 1.06. The van der Waals surface area contributed by atoms with E-state index in [2.05, 4.69) is 24.5 Å². The zero-order valence-electron chi connectivity index (χ0n) is 10.0. The maximum absolute atomic E-state index is 11.4. The molecule has 0 saturated heterocycles. The van der Waals surface area contributed by atoms with Crippen LogP contribution in [-0.2, 0) is 4.79 Å². The fourth-order valence-electron chi connectivity index (χ4n) is 1.71. The third-order valence-corrected chi connectivity index (χ3v) is 2.93. The van der Waals surface area contributed by atoms with Gasteiger partial charge >= 0.3 is 0 Å². The van der Waals surface area contributed by atoms with Crippen LogP contribution in [0.3, 0.4) is 0 Å². The quantitative estimate of drug-likeness (QED) is 0.643. The molecule has 88 valence electrons. The Morgan fingerprint density at radius 3 is 2.67 bits per heavy atom. The van der Waals surface area contributed by atoms with Gasteiger partial charge in [0, 0.05) is 12.6 Å². The summed E-state index contributed by atoms with van der Waals surface area (Å²) in [6.07, 6.45) is 6.15. The molecule has 0 aromatic heterocycles. The lowest BCUT2D eigenvalue weighted by atomic mass is 10.1. The molecule has 1 fully saturated rings. The number of hydrogen-bond acceptors (Lipinski definition) is 2. The highest BCUT2D eigenvalue weighted by Gasteiger charge is 2.24. The Bertz CT molecular complexity index is 190. The molecule has 0 aliphatic heterocycles. The Kier molecular flexibility index (Phi) is 5.69. The SMILES string of the molecule is CCCNC(=O)CNC(CC)CC1CC1. The molecule has 15 heavy (non-hydrogen) atoms. The van der Waals surface area contributed by atoms with Crippen molar-refractivity contribution in [2.75, 3.05) is 13.1 Å². The molecule has 0 aromatic carbocycles. The molecule has 1 saturated carbocycles. The molecular weight excluding hydrogens is 188 g/mol. The van der Waals surface area contributed by atoms with Gasteiger partial charge in [0.1, 0.15) is 0 Å². The van der Waals surface area contributed by atoms with E-state index in [0.29, 0.717) is 12.6 Å². The van der Waals surface area contributed by atoms with E-state index < -0.39 is 0 Å². The van der Waals surface area contributed by atoms with E-state index in [1.165, 1.54) is 19.3 Å². The van der Waals surface area contributed by atoms with Crippen molar-refractivity contribution in [1.29, 1.82) is 0 Å². The van der Waals surface area contributed by atoms with Crippen molar-refractivity contribution in [3.63, 3.8) is 0 Å². The Hall–Kier alpha value is -0.570. The number of amides is 1. The van der Waals surface area contributed by atoms with Crippen LogP contribution in [0.2, 0.25) is 0 Å². The van der Waals surface area contributed by atoms with Gasteiger partial charge in [-0.05, 0) is 25.2 Å².